The minimum absolute atomic E-state index is 0.239. The number of hydrogen-bond donors (Lipinski definition) is 1. The van der Waals surface area contributed by atoms with E-state index in [1.165, 1.54) is 17.7 Å². The summed E-state index contributed by atoms with van der Waals surface area (Å²) in [6.45, 7) is 4.07. The molecule has 0 radical (unpaired) electrons. The highest BCUT2D eigenvalue weighted by Gasteiger charge is 2.23. The molecule has 0 heterocycles. The first-order chi connectivity index (χ1) is 8.54. The standard InChI is InChI=1S/C16H18FN/c1-3-12-5-4-6-14(11-12)16(2,18)13-7-9-15(17)10-8-13/h4-11H,3,18H2,1-2H3. The molecule has 2 aromatic rings. The Morgan fingerprint density at radius 3 is 2.33 bits per heavy atom. The van der Waals surface area contributed by atoms with Gasteiger partial charge in [0.15, 0.2) is 0 Å². The SMILES string of the molecule is CCc1cccc(C(C)(N)c2ccc(F)cc2)c1. The van der Waals surface area contributed by atoms with Gasteiger partial charge in [-0.3, -0.25) is 0 Å². The minimum Gasteiger partial charge on any atom is -0.318 e. The molecule has 0 aromatic heterocycles. The molecule has 0 aliphatic carbocycles. The Hall–Kier alpha value is -1.67. The van der Waals surface area contributed by atoms with E-state index < -0.39 is 5.54 Å². The van der Waals surface area contributed by atoms with Crippen molar-refractivity contribution in [3.63, 3.8) is 0 Å². The number of aryl methyl sites for hydroxylation is 1. The van der Waals surface area contributed by atoms with Gasteiger partial charge in [-0.15, -0.1) is 0 Å². The third kappa shape index (κ3) is 2.44. The molecule has 0 bridgehead atoms. The van der Waals surface area contributed by atoms with E-state index in [0.717, 1.165) is 17.5 Å². The van der Waals surface area contributed by atoms with Gasteiger partial charge in [-0.05, 0) is 42.2 Å². The maximum absolute atomic E-state index is 13.0. The number of rotatable bonds is 3. The molecule has 18 heavy (non-hydrogen) atoms. The second-order valence-electron chi connectivity index (χ2n) is 4.76. The first-order valence-electron chi connectivity index (χ1n) is 6.18. The summed E-state index contributed by atoms with van der Waals surface area (Å²) in [5, 5.41) is 0. The summed E-state index contributed by atoms with van der Waals surface area (Å²) in [6.07, 6.45) is 0.980. The predicted octanol–water partition coefficient (Wildman–Crippen LogP) is 3.61. The monoisotopic (exact) mass is 243 g/mol. The van der Waals surface area contributed by atoms with Crippen LogP contribution in [0.2, 0.25) is 0 Å². The van der Waals surface area contributed by atoms with E-state index in [4.69, 9.17) is 5.73 Å². The molecular weight excluding hydrogens is 225 g/mol. The van der Waals surface area contributed by atoms with Gasteiger partial charge in [0.2, 0.25) is 0 Å². The molecular formula is C16H18FN. The molecule has 0 spiro atoms. The van der Waals surface area contributed by atoms with Crippen LogP contribution in [0.15, 0.2) is 48.5 Å². The summed E-state index contributed by atoms with van der Waals surface area (Å²) in [5.41, 5.74) is 9.03. The minimum atomic E-state index is -0.598. The van der Waals surface area contributed by atoms with Crippen LogP contribution in [0.3, 0.4) is 0 Å². The molecule has 94 valence electrons. The third-order valence-electron chi connectivity index (χ3n) is 3.38. The topological polar surface area (TPSA) is 26.0 Å². The zero-order chi connectivity index (χ0) is 13.2. The maximum atomic E-state index is 13.0. The van der Waals surface area contributed by atoms with Gasteiger partial charge in [0, 0.05) is 0 Å². The van der Waals surface area contributed by atoms with Gasteiger partial charge in [0.1, 0.15) is 5.82 Å². The van der Waals surface area contributed by atoms with Crippen LogP contribution in [0.5, 0.6) is 0 Å². The predicted molar refractivity (Wildman–Crippen MR) is 72.9 cm³/mol. The molecule has 1 unspecified atom stereocenters. The Morgan fingerprint density at radius 2 is 1.72 bits per heavy atom. The summed E-state index contributed by atoms with van der Waals surface area (Å²) in [6, 6.07) is 14.6. The van der Waals surface area contributed by atoms with Crippen molar-refractivity contribution in [2.75, 3.05) is 0 Å². The second kappa shape index (κ2) is 4.91. The van der Waals surface area contributed by atoms with Crippen molar-refractivity contribution in [3.05, 3.63) is 71.0 Å². The largest absolute Gasteiger partial charge is 0.318 e. The Labute approximate surface area is 107 Å². The van der Waals surface area contributed by atoms with Gasteiger partial charge in [0.25, 0.3) is 0 Å². The van der Waals surface area contributed by atoms with Gasteiger partial charge in [-0.1, -0.05) is 43.3 Å². The van der Waals surface area contributed by atoms with Gasteiger partial charge in [-0.2, -0.15) is 0 Å². The van der Waals surface area contributed by atoms with E-state index >= 15 is 0 Å². The van der Waals surface area contributed by atoms with Crippen molar-refractivity contribution in [1.82, 2.24) is 0 Å². The third-order valence-corrected chi connectivity index (χ3v) is 3.38. The molecule has 2 heteroatoms. The summed E-state index contributed by atoms with van der Waals surface area (Å²) < 4.78 is 13.0. The molecule has 2 rings (SSSR count). The molecule has 2 N–H and O–H groups in total. The molecule has 1 atom stereocenters. The van der Waals surface area contributed by atoms with E-state index in [9.17, 15) is 4.39 Å². The van der Waals surface area contributed by atoms with E-state index in [-0.39, 0.29) is 5.82 Å². The number of nitrogens with two attached hydrogens (primary N) is 1. The van der Waals surface area contributed by atoms with E-state index in [1.807, 2.05) is 19.1 Å². The molecule has 0 saturated heterocycles. The first kappa shape index (κ1) is 12.8. The van der Waals surface area contributed by atoms with Crippen molar-refractivity contribution >= 4 is 0 Å². The normalized spacial score (nSPS) is 14.2. The highest BCUT2D eigenvalue weighted by Crippen LogP contribution is 2.27. The lowest BCUT2D eigenvalue weighted by atomic mass is 9.85. The number of hydrogen-bond acceptors (Lipinski definition) is 1. The van der Waals surface area contributed by atoms with Gasteiger partial charge >= 0.3 is 0 Å². The van der Waals surface area contributed by atoms with E-state index in [2.05, 4.69) is 19.1 Å². The zero-order valence-electron chi connectivity index (χ0n) is 10.8. The Morgan fingerprint density at radius 1 is 1.06 bits per heavy atom. The molecule has 0 fully saturated rings. The maximum Gasteiger partial charge on any atom is 0.123 e. The van der Waals surface area contributed by atoms with Gasteiger partial charge < -0.3 is 5.73 Å². The fourth-order valence-electron chi connectivity index (χ4n) is 2.08. The highest BCUT2D eigenvalue weighted by molar-refractivity contribution is 5.38. The van der Waals surface area contributed by atoms with Crippen molar-refractivity contribution < 1.29 is 4.39 Å². The van der Waals surface area contributed by atoms with Crippen LogP contribution in [-0.4, -0.2) is 0 Å². The average Bonchev–Trinajstić information content (AvgIpc) is 2.39. The first-order valence-corrected chi connectivity index (χ1v) is 6.18. The summed E-state index contributed by atoms with van der Waals surface area (Å²) in [4.78, 5) is 0. The van der Waals surface area contributed by atoms with E-state index in [0.29, 0.717) is 0 Å². The summed E-state index contributed by atoms with van der Waals surface area (Å²) >= 11 is 0. The Bertz CT molecular complexity index is 529. The van der Waals surface area contributed by atoms with Crippen LogP contribution in [0.4, 0.5) is 4.39 Å². The quantitative estimate of drug-likeness (QED) is 0.875. The van der Waals surface area contributed by atoms with Crippen LogP contribution in [0.25, 0.3) is 0 Å². The highest BCUT2D eigenvalue weighted by atomic mass is 19.1. The summed E-state index contributed by atoms with van der Waals surface area (Å²) in [7, 11) is 0. The molecule has 1 nitrogen and oxygen atoms in total. The molecule has 2 aromatic carbocycles. The molecule has 0 amide bonds. The average molecular weight is 243 g/mol. The lowest BCUT2D eigenvalue weighted by Crippen LogP contribution is -2.34. The van der Waals surface area contributed by atoms with Crippen LogP contribution in [0, 0.1) is 5.82 Å². The van der Waals surface area contributed by atoms with Gasteiger partial charge in [0.05, 0.1) is 5.54 Å². The summed E-state index contributed by atoms with van der Waals surface area (Å²) in [5.74, 6) is -0.239. The molecule has 0 aliphatic rings. The van der Waals surface area contributed by atoms with Crippen LogP contribution in [0.1, 0.15) is 30.5 Å². The molecule has 0 aliphatic heterocycles. The van der Waals surface area contributed by atoms with Crippen molar-refractivity contribution in [2.45, 2.75) is 25.8 Å². The lowest BCUT2D eigenvalue weighted by Gasteiger charge is -2.26. The van der Waals surface area contributed by atoms with Crippen LogP contribution in [-0.2, 0) is 12.0 Å². The van der Waals surface area contributed by atoms with E-state index in [1.54, 1.807) is 12.1 Å². The van der Waals surface area contributed by atoms with Crippen LogP contribution < -0.4 is 5.73 Å². The fraction of sp³-hybridized carbons (Fsp3) is 0.250. The van der Waals surface area contributed by atoms with Gasteiger partial charge in [-0.25, -0.2) is 4.39 Å². The van der Waals surface area contributed by atoms with Crippen LogP contribution >= 0.6 is 0 Å². The smallest absolute Gasteiger partial charge is 0.123 e. The van der Waals surface area contributed by atoms with Crippen molar-refractivity contribution in [1.29, 1.82) is 0 Å². The van der Waals surface area contributed by atoms with Crippen molar-refractivity contribution in [3.8, 4) is 0 Å². The number of benzene rings is 2. The zero-order valence-corrected chi connectivity index (χ0v) is 10.8. The Balaban J connectivity index is 2.43. The lowest BCUT2D eigenvalue weighted by molar-refractivity contribution is 0.592. The van der Waals surface area contributed by atoms with Crippen molar-refractivity contribution in [2.24, 2.45) is 5.73 Å². The molecule has 0 saturated carbocycles. The number of halogens is 1. The Kier molecular flexibility index (Phi) is 3.48. The fourth-order valence-corrected chi connectivity index (χ4v) is 2.08. The second-order valence-corrected chi connectivity index (χ2v) is 4.76.